The van der Waals surface area contributed by atoms with Crippen LogP contribution in [0.15, 0.2) is 72.8 Å². The number of rotatable bonds is 7. The molecule has 0 saturated carbocycles. The third-order valence-corrected chi connectivity index (χ3v) is 6.74. The fraction of sp³-hybridized carbons (Fsp3) is 0.310. The zero-order chi connectivity index (χ0) is 22.6. The minimum Gasteiger partial charge on any atom is -0.508 e. The fourth-order valence-electron chi connectivity index (χ4n) is 4.99. The Labute approximate surface area is 208 Å². The van der Waals surface area contributed by atoms with Crippen molar-refractivity contribution in [1.29, 1.82) is 0 Å². The topological polar surface area (TPSA) is 37.6 Å². The molecule has 4 aromatic rings. The lowest BCUT2D eigenvalue weighted by Crippen LogP contribution is -2.33. The highest BCUT2D eigenvalue weighted by Crippen LogP contribution is 2.35. The second-order valence-corrected chi connectivity index (χ2v) is 9.02. The van der Waals surface area contributed by atoms with Crippen molar-refractivity contribution in [2.75, 3.05) is 26.2 Å². The molecule has 1 N–H and O–H groups in total. The van der Waals surface area contributed by atoms with E-state index >= 15 is 0 Å². The maximum Gasteiger partial charge on any atom is 0.119 e. The normalized spacial score (nSPS) is 14.1. The van der Waals surface area contributed by atoms with Crippen molar-refractivity contribution in [2.24, 2.45) is 0 Å². The highest BCUT2D eigenvalue weighted by Gasteiger charge is 2.16. The van der Waals surface area contributed by atoms with Gasteiger partial charge in [-0.05, 0) is 79.9 Å². The molecule has 0 spiro atoms. The molecule has 0 radical (unpaired) electrons. The number of ether oxygens (including phenoxy) is 1. The van der Waals surface area contributed by atoms with Gasteiger partial charge >= 0.3 is 0 Å². The number of aryl methyl sites for hydroxylation is 1. The second-order valence-electron chi connectivity index (χ2n) is 9.02. The molecule has 4 nitrogen and oxygen atoms in total. The highest BCUT2D eigenvalue weighted by atomic mass is 35.5. The molecular weight excluding hydrogens is 444 g/mol. The Morgan fingerprint density at radius 3 is 2.35 bits per heavy atom. The van der Waals surface area contributed by atoms with E-state index in [0.29, 0.717) is 5.75 Å². The van der Waals surface area contributed by atoms with E-state index in [-0.39, 0.29) is 12.4 Å². The van der Waals surface area contributed by atoms with Crippen molar-refractivity contribution in [3.63, 3.8) is 0 Å². The molecule has 2 heterocycles. The van der Waals surface area contributed by atoms with Crippen LogP contribution >= 0.6 is 12.4 Å². The summed E-state index contributed by atoms with van der Waals surface area (Å²) in [5, 5.41) is 11.2. The van der Waals surface area contributed by atoms with Crippen LogP contribution in [0.2, 0.25) is 0 Å². The van der Waals surface area contributed by atoms with Crippen molar-refractivity contribution in [1.82, 2.24) is 9.47 Å². The number of phenolic OH excluding ortho intramolecular Hbond substituents is 1. The fourth-order valence-corrected chi connectivity index (χ4v) is 4.99. The van der Waals surface area contributed by atoms with E-state index in [0.717, 1.165) is 36.3 Å². The van der Waals surface area contributed by atoms with E-state index < -0.39 is 0 Å². The summed E-state index contributed by atoms with van der Waals surface area (Å²) < 4.78 is 8.37. The summed E-state index contributed by atoms with van der Waals surface area (Å²) in [6.07, 6.45) is 3.99. The molecule has 0 aliphatic carbocycles. The average molecular weight is 477 g/mol. The Kier molecular flexibility index (Phi) is 7.81. The molecular formula is C29H33ClN2O2. The van der Waals surface area contributed by atoms with Gasteiger partial charge < -0.3 is 14.4 Å². The zero-order valence-corrected chi connectivity index (χ0v) is 20.6. The van der Waals surface area contributed by atoms with E-state index in [4.69, 9.17) is 4.74 Å². The predicted octanol–water partition coefficient (Wildman–Crippen LogP) is 6.66. The van der Waals surface area contributed by atoms with Crippen LogP contribution in [0.4, 0.5) is 0 Å². The second kappa shape index (κ2) is 11.0. The smallest absolute Gasteiger partial charge is 0.119 e. The molecule has 5 rings (SSSR count). The Balaban J connectivity index is 0.00000274. The first kappa shape index (κ1) is 24.2. The quantitative estimate of drug-likeness (QED) is 0.324. The lowest BCUT2D eigenvalue weighted by atomic mass is 10.1. The van der Waals surface area contributed by atoms with Crippen molar-refractivity contribution in [3.05, 3.63) is 83.9 Å². The average Bonchev–Trinajstić information content (AvgIpc) is 3.12. The van der Waals surface area contributed by atoms with Crippen LogP contribution in [0.5, 0.6) is 11.5 Å². The summed E-state index contributed by atoms with van der Waals surface area (Å²) in [5.41, 5.74) is 5.91. The van der Waals surface area contributed by atoms with E-state index in [1.807, 2.05) is 18.2 Å². The lowest BCUT2D eigenvalue weighted by Gasteiger charge is -2.26. The summed E-state index contributed by atoms with van der Waals surface area (Å²) in [4.78, 5) is 2.50. The first-order valence-corrected chi connectivity index (χ1v) is 12.0. The SMILES string of the molecule is Cc1c(-c2ccccc2)n(Cc2ccc(OCCN3CCCCC3)cc2)c2ccc(O)cc12.Cl. The number of phenols is 1. The maximum absolute atomic E-state index is 10.1. The Morgan fingerprint density at radius 1 is 0.882 bits per heavy atom. The number of halogens is 1. The number of nitrogens with zero attached hydrogens (tertiary/aromatic N) is 2. The highest BCUT2D eigenvalue weighted by molar-refractivity contribution is 5.92. The molecule has 1 saturated heterocycles. The molecule has 5 heteroatoms. The lowest BCUT2D eigenvalue weighted by molar-refractivity contribution is 0.183. The molecule has 1 fully saturated rings. The monoisotopic (exact) mass is 476 g/mol. The summed E-state index contributed by atoms with van der Waals surface area (Å²) in [6.45, 7) is 7.04. The minimum atomic E-state index is 0. The number of hydrogen-bond donors (Lipinski definition) is 1. The van der Waals surface area contributed by atoms with Crippen molar-refractivity contribution >= 4 is 23.3 Å². The van der Waals surface area contributed by atoms with Gasteiger partial charge in [-0.15, -0.1) is 12.4 Å². The van der Waals surface area contributed by atoms with Crippen molar-refractivity contribution in [2.45, 2.75) is 32.7 Å². The third kappa shape index (κ3) is 5.24. The number of piperidine rings is 1. The number of hydrogen-bond acceptors (Lipinski definition) is 3. The van der Waals surface area contributed by atoms with Gasteiger partial charge in [0.05, 0.1) is 5.69 Å². The van der Waals surface area contributed by atoms with Gasteiger partial charge in [-0.1, -0.05) is 48.9 Å². The van der Waals surface area contributed by atoms with E-state index in [1.165, 1.54) is 54.7 Å². The van der Waals surface area contributed by atoms with Crippen LogP contribution in [0.3, 0.4) is 0 Å². The predicted molar refractivity (Wildman–Crippen MR) is 142 cm³/mol. The number of likely N-dealkylation sites (tertiary alicyclic amines) is 1. The Bertz CT molecular complexity index is 1210. The van der Waals surface area contributed by atoms with Crippen molar-refractivity contribution < 1.29 is 9.84 Å². The third-order valence-electron chi connectivity index (χ3n) is 6.74. The number of aromatic nitrogens is 1. The molecule has 34 heavy (non-hydrogen) atoms. The van der Waals surface area contributed by atoms with Gasteiger partial charge in [0.2, 0.25) is 0 Å². The van der Waals surface area contributed by atoms with Crippen LogP contribution in [0.1, 0.15) is 30.4 Å². The standard InChI is InChI=1S/C29H32N2O2.ClH/c1-22-27-20-25(32)12-15-28(27)31(29(22)24-8-4-2-5-9-24)21-23-10-13-26(14-11-23)33-19-18-30-16-6-3-7-17-30;/h2,4-5,8-15,20,32H,3,6-7,16-19,21H2,1H3;1H. The number of aromatic hydroxyl groups is 1. The minimum absolute atomic E-state index is 0. The summed E-state index contributed by atoms with van der Waals surface area (Å²) in [7, 11) is 0. The molecule has 0 atom stereocenters. The molecule has 0 unspecified atom stereocenters. The Hall–Kier alpha value is -2.95. The molecule has 178 valence electrons. The van der Waals surface area contributed by atoms with E-state index in [2.05, 4.69) is 64.9 Å². The van der Waals surface area contributed by atoms with Crippen molar-refractivity contribution in [3.8, 4) is 22.8 Å². The van der Waals surface area contributed by atoms with Crippen LogP contribution in [0, 0.1) is 6.92 Å². The summed E-state index contributed by atoms with van der Waals surface area (Å²) in [5.74, 6) is 1.23. The molecule has 1 aliphatic rings. The van der Waals surface area contributed by atoms with E-state index in [9.17, 15) is 5.11 Å². The molecule has 0 bridgehead atoms. The van der Waals surface area contributed by atoms with Crippen LogP contribution < -0.4 is 4.74 Å². The van der Waals surface area contributed by atoms with Gasteiger partial charge in [0.25, 0.3) is 0 Å². The van der Waals surface area contributed by atoms with E-state index in [1.54, 1.807) is 6.07 Å². The molecule has 1 aliphatic heterocycles. The number of benzene rings is 3. The van der Waals surface area contributed by atoms with Gasteiger partial charge in [0.15, 0.2) is 0 Å². The maximum atomic E-state index is 10.1. The largest absolute Gasteiger partial charge is 0.508 e. The Morgan fingerprint density at radius 2 is 1.62 bits per heavy atom. The van der Waals surface area contributed by atoms with Gasteiger partial charge in [0, 0.05) is 24.0 Å². The van der Waals surface area contributed by atoms with Gasteiger partial charge in [-0.2, -0.15) is 0 Å². The summed E-state index contributed by atoms with van der Waals surface area (Å²) in [6, 6.07) is 24.6. The first-order chi connectivity index (χ1) is 16.2. The summed E-state index contributed by atoms with van der Waals surface area (Å²) >= 11 is 0. The van der Waals surface area contributed by atoms with Crippen LogP contribution in [0.25, 0.3) is 22.2 Å². The molecule has 0 amide bonds. The van der Waals surface area contributed by atoms with Crippen LogP contribution in [-0.4, -0.2) is 40.8 Å². The number of fused-ring (bicyclic) bond motifs is 1. The van der Waals surface area contributed by atoms with Crippen LogP contribution in [-0.2, 0) is 6.54 Å². The molecule has 3 aromatic carbocycles. The first-order valence-electron chi connectivity index (χ1n) is 12.0. The molecule has 1 aromatic heterocycles. The zero-order valence-electron chi connectivity index (χ0n) is 19.7. The van der Waals surface area contributed by atoms with Gasteiger partial charge in [-0.3, -0.25) is 4.90 Å². The van der Waals surface area contributed by atoms with Gasteiger partial charge in [-0.25, -0.2) is 0 Å². The van der Waals surface area contributed by atoms with Gasteiger partial charge in [0.1, 0.15) is 18.1 Å².